The Labute approximate surface area is 111 Å². The van der Waals surface area contributed by atoms with E-state index in [1.165, 1.54) is 6.92 Å². The Morgan fingerprint density at radius 2 is 2.00 bits per heavy atom. The van der Waals surface area contributed by atoms with Gasteiger partial charge in [-0.3, -0.25) is 9.78 Å². The molecule has 1 rings (SSSR count). The van der Waals surface area contributed by atoms with Gasteiger partial charge in [0.2, 0.25) is 0 Å². The lowest BCUT2D eigenvalue weighted by Gasteiger charge is -2.16. The minimum Gasteiger partial charge on any atom is -0.466 e. The second kappa shape index (κ2) is 6.15. The molecule has 0 saturated heterocycles. The van der Waals surface area contributed by atoms with Crippen molar-refractivity contribution in [1.82, 2.24) is 4.98 Å². The molecule has 0 atom stereocenters. The predicted molar refractivity (Wildman–Crippen MR) is 59.3 cm³/mol. The molecule has 0 radical (unpaired) electrons. The van der Waals surface area contributed by atoms with E-state index in [-0.39, 0.29) is 12.2 Å². The van der Waals surface area contributed by atoms with Crippen LogP contribution in [0.25, 0.3) is 0 Å². The van der Waals surface area contributed by atoms with Crippen LogP contribution in [0.4, 0.5) is 22.0 Å². The third-order valence-corrected chi connectivity index (χ3v) is 2.63. The van der Waals surface area contributed by atoms with Crippen molar-refractivity contribution in [2.45, 2.75) is 32.9 Å². The number of nitrogens with zero attached hydrogens (tertiary/aromatic N) is 1. The van der Waals surface area contributed by atoms with Crippen LogP contribution in [0.15, 0.2) is 6.20 Å². The van der Waals surface area contributed by atoms with E-state index in [9.17, 15) is 26.7 Å². The largest absolute Gasteiger partial charge is 0.466 e. The topological polar surface area (TPSA) is 39.2 Å². The monoisotopic (exact) mass is 297 g/mol. The normalized spacial score (nSPS) is 11.8. The van der Waals surface area contributed by atoms with Gasteiger partial charge in [-0.2, -0.15) is 13.2 Å². The summed E-state index contributed by atoms with van der Waals surface area (Å²) in [5.41, 5.74) is -2.84. The highest BCUT2D eigenvalue weighted by molar-refractivity contribution is 5.73. The molecule has 8 heteroatoms. The maximum absolute atomic E-state index is 12.8. The number of aromatic nitrogens is 1. The van der Waals surface area contributed by atoms with E-state index in [2.05, 4.69) is 9.72 Å². The van der Waals surface area contributed by atoms with E-state index in [1.54, 1.807) is 0 Å². The molecule has 0 saturated carbocycles. The van der Waals surface area contributed by atoms with Crippen molar-refractivity contribution in [2.24, 2.45) is 0 Å². The second-order valence-electron chi connectivity index (χ2n) is 3.94. The van der Waals surface area contributed by atoms with E-state index in [1.807, 2.05) is 0 Å². The Morgan fingerprint density at radius 1 is 1.40 bits per heavy atom. The van der Waals surface area contributed by atoms with Crippen LogP contribution >= 0.6 is 0 Å². The molecule has 0 unspecified atom stereocenters. The van der Waals surface area contributed by atoms with Crippen molar-refractivity contribution < 1.29 is 31.5 Å². The smallest absolute Gasteiger partial charge is 0.418 e. The molecular weight excluding hydrogens is 285 g/mol. The van der Waals surface area contributed by atoms with Crippen LogP contribution in [0, 0.1) is 6.92 Å². The Hall–Kier alpha value is -1.73. The predicted octanol–water partition coefficient (Wildman–Crippen LogP) is 3.45. The molecule has 0 aliphatic heterocycles. The number of esters is 1. The number of hydrogen-bond acceptors (Lipinski definition) is 3. The minimum absolute atomic E-state index is 0.00792. The number of pyridine rings is 1. The average molecular weight is 297 g/mol. The van der Waals surface area contributed by atoms with Crippen molar-refractivity contribution in [2.75, 3.05) is 6.61 Å². The van der Waals surface area contributed by atoms with E-state index >= 15 is 0 Å². The quantitative estimate of drug-likeness (QED) is 0.631. The fraction of sp³-hybridized carbons (Fsp3) is 0.500. The molecule has 20 heavy (non-hydrogen) atoms. The molecule has 0 aliphatic rings. The van der Waals surface area contributed by atoms with Crippen molar-refractivity contribution >= 4 is 5.97 Å². The standard InChI is InChI=1S/C12H12F5NO2/c1-3-20-9(19)4-7-6(2)10(11(13)14)18-5-8(7)12(15,16)17/h5,11H,3-4H2,1-2H3. The van der Waals surface area contributed by atoms with Gasteiger partial charge < -0.3 is 4.74 Å². The first-order valence-electron chi connectivity index (χ1n) is 5.67. The lowest BCUT2D eigenvalue weighted by molar-refractivity contribution is -0.143. The molecule has 0 spiro atoms. The van der Waals surface area contributed by atoms with Crippen molar-refractivity contribution in [3.63, 3.8) is 0 Å². The average Bonchev–Trinajstić information content (AvgIpc) is 2.29. The van der Waals surface area contributed by atoms with Crippen LogP contribution in [0.3, 0.4) is 0 Å². The van der Waals surface area contributed by atoms with Crippen LogP contribution in [0.1, 0.15) is 35.7 Å². The van der Waals surface area contributed by atoms with E-state index in [0.29, 0.717) is 6.20 Å². The first-order valence-corrected chi connectivity index (χ1v) is 5.67. The van der Waals surface area contributed by atoms with Gasteiger partial charge >= 0.3 is 12.1 Å². The first-order chi connectivity index (χ1) is 9.18. The van der Waals surface area contributed by atoms with E-state index in [4.69, 9.17) is 0 Å². The summed E-state index contributed by atoms with van der Waals surface area (Å²) in [7, 11) is 0. The summed E-state index contributed by atoms with van der Waals surface area (Å²) in [5, 5.41) is 0. The van der Waals surface area contributed by atoms with Gasteiger partial charge in [0.25, 0.3) is 6.43 Å². The fourth-order valence-corrected chi connectivity index (χ4v) is 1.71. The van der Waals surface area contributed by atoms with Crippen LogP contribution in [0.5, 0.6) is 0 Å². The molecule has 0 bridgehead atoms. The number of carbonyl (C=O) groups excluding carboxylic acids is 1. The van der Waals surface area contributed by atoms with Gasteiger partial charge in [0.1, 0.15) is 5.69 Å². The summed E-state index contributed by atoms with van der Waals surface area (Å²) in [6, 6.07) is 0. The van der Waals surface area contributed by atoms with Gasteiger partial charge in [0.05, 0.1) is 18.6 Å². The Bertz CT molecular complexity index is 499. The third-order valence-electron chi connectivity index (χ3n) is 2.63. The molecular formula is C12H12F5NO2. The van der Waals surface area contributed by atoms with E-state index < -0.39 is 41.8 Å². The zero-order valence-corrected chi connectivity index (χ0v) is 10.7. The maximum Gasteiger partial charge on any atom is 0.418 e. The molecule has 1 heterocycles. The number of ether oxygens (including phenoxy) is 1. The lowest BCUT2D eigenvalue weighted by atomic mass is 9.99. The summed E-state index contributed by atoms with van der Waals surface area (Å²) < 4.78 is 68.3. The Morgan fingerprint density at radius 3 is 2.45 bits per heavy atom. The van der Waals surface area contributed by atoms with Gasteiger partial charge in [-0.1, -0.05) is 0 Å². The zero-order chi connectivity index (χ0) is 15.5. The minimum atomic E-state index is -4.78. The van der Waals surface area contributed by atoms with Gasteiger partial charge in [0, 0.05) is 6.20 Å². The molecule has 1 aromatic rings. The second-order valence-corrected chi connectivity index (χ2v) is 3.94. The highest BCUT2D eigenvalue weighted by atomic mass is 19.4. The number of rotatable bonds is 4. The molecule has 1 aromatic heterocycles. The van der Waals surface area contributed by atoms with Crippen molar-refractivity contribution in [1.29, 1.82) is 0 Å². The van der Waals surface area contributed by atoms with Crippen LogP contribution in [0.2, 0.25) is 0 Å². The van der Waals surface area contributed by atoms with Crippen molar-refractivity contribution in [3.05, 3.63) is 28.6 Å². The molecule has 3 nitrogen and oxygen atoms in total. The maximum atomic E-state index is 12.8. The number of halogens is 5. The highest BCUT2D eigenvalue weighted by Gasteiger charge is 2.36. The van der Waals surface area contributed by atoms with E-state index in [0.717, 1.165) is 6.92 Å². The lowest BCUT2D eigenvalue weighted by Crippen LogP contribution is -2.17. The highest BCUT2D eigenvalue weighted by Crippen LogP contribution is 2.35. The molecule has 0 N–H and O–H groups in total. The molecule has 0 fully saturated rings. The van der Waals surface area contributed by atoms with Gasteiger partial charge in [-0.05, 0) is 25.0 Å². The fourth-order valence-electron chi connectivity index (χ4n) is 1.71. The van der Waals surface area contributed by atoms with Crippen LogP contribution < -0.4 is 0 Å². The summed E-state index contributed by atoms with van der Waals surface area (Å²) >= 11 is 0. The Kier molecular flexibility index (Phi) is 5.02. The summed E-state index contributed by atoms with van der Waals surface area (Å²) in [5.74, 6) is -0.910. The molecule has 0 aliphatic carbocycles. The number of alkyl halides is 5. The van der Waals surface area contributed by atoms with Gasteiger partial charge in [0.15, 0.2) is 0 Å². The van der Waals surface area contributed by atoms with Crippen LogP contribution in [-0.4, -0.2) is 17.6 Å². The first kappa shape index (κ1) is 16.3. The van der Waals surface area contributed by atoms with Gasteiger partial charge in [-0.15, -0.1) is 0 Å². The summed E-state index contributed by atoms with van der Waals surface area (Å²) in [4.78, 5) is 14.5. The van der Waals surface area contributed by atoms with Crippen LogP contribution in [-0.2, 0) is 22.1 Å². The SMILES string of the molecule is CCOC(=O)Cc1c(C(F)(F)F)cnc(C(F)F)c1C. The summed E-state index contributed by atoms with van der Waals surface area (Å²) in [6.45, 7) is 2.57. The molecule has 0 aromatic carbocycles. The summed E-state index contributed by atoms with van der Waals surface area (Å²) in [6.07, 6.45) is -8.20. The van der Waals surface area contributed by atoms with Crippen molar-refractivity contribution in [3.8, 4) is 0 Å². The number of hydrogen-bond donors (Lipinski definition) is 0. The molecule has 0 amide bonds. The zero-order valence-electron chi connectivity index (χ0n) is 10.7. The Balaban J connectivity index is 3.34. The number of carbonyl (C=O) groups is 1. The third kappa shape index (κ3) is 3.64. The molecule has 112 valence electrons. The van der Waals surface area contributed by atoms with Gasteiger partial charge in [-0.25, -0.2) is 8.78 Å².